The van der Waals surface area contributed by atoms with Crippen molar-refractivity contribution in [3.8, 4) is 11.5 Å². The monoisotopic (exact) mass is 267 g/mol. The Bertz CT molecular complexity index is 502. The lowest BCUT2D eigenvalue weighted by Crippen LogP contribution is -2.18. The number of halogens is 1. The van der Waals surface area contributed by atoms with Gasteiger partial charge in [0.2, 0.25) is 11.8 Å². The average Bonchev–Trinajstić information content (AvgIpc) is 2.84. The molecule has 0 spiro atoms. The summed E-state index contributed by atoms with van der Waals surface area (Å²) in [4.78, 5) is 0. The van der Waals surface area contributed by atoms with Crippen molar-refractivity contribution in [2.24, 2.45) is 0 Å². The molecule has 2 rings (SSSR count). The molecule has 1 N–H and O–H groups in total. The fourth-order valence-electron chi connectivity index (χ4n) is 1.44. The molecule has 0 fully saturated rings. The van der Waals surface area contributed by atoms with Gasteiger partial charge in [-0.25, -0.2) is 0 Å². The van der Waals surface area contributed by atoms with Crippen molar-refractivity contribution >= 4 is 11.6 Å². The lowest BCUT2D eigenvalue weighted by molar-refractivity contribution is 0.198. The molecule has 0 bridgehead atoms. The van der Waals surface area contributed by atoms with Crippen LogP contribution in [0.15, 0.2) is 28.7 Å². The number of rotatable bonds is 6. The first-order valence-corrected chi connectivity index (χ1v) is 5.96. The minimum Gasteiger partial charge on any atom is -0.419 e. The third-order valence-corrected chi connectivity index (χ3v) is 2.66. The van der Waals surface area contributed by atoms with Crippen LogP contribution in [-0.2, 0) is 11.3 Å². The Labute approximate surface area is 110 Å². The number of benzene rings is 1. The summed E-state index contributed by atoms with van der Waals surface area (Å²) in [5, 5.41) is 11.7. The van der Waals surface area contributed by atoms with Gasteiger partial charge in [-0.2, -0.15) is 0 Å². The third kappa shape index (κ3) is 3.29. The second-order valence-corrected chi connectivity index (χ2v) is 4.06. The van der Waals surface area contributed by atoms with Crippen molar-refractivity contribution < 1.29 is 9.15 Å². The Morgan fingerprint density at radius 3 is 2.94 bits per heavy atom. The van der Waals surface area contributed by atoms with E-state index in [4.69, 9.17) is 20.8 Å². The molecule has 18 heavy (non-hydrogen) atoms. The quantitative estimate of drug-likeness (QED) is 0.813. The van der Waals surface area contributed by atoms with Gasteiger partial charge in [0, 0.05) is 13.7 Å². The normalized spacial score (nSPS) is 10.8. The Morgan fingerprint density at radius 2 is 2.17 bits per heavy atom. The summed E-state index contributed by atoms with van der Waals surface area (Å²) in [6, 6.07) is 7.37. The highest BCUT2D eigenvalue weighted by Crippen LogP contribution is 2.25. The third-order valence-electron chi connectivity index (χ3n) is 2.33. The van der Waals surface area contributed by atoms with Gasteiger partial charge in [-0.15, -0.1) is 10.2 Å². The molecule has 0 aliphatic rings. The van der Waals surface area contributed by atoms with Gasteiger partial charge in [-0.05, 0) is 12.1 Å². The Morgan fingerprint density at radius 1 is 1.33 bits per heavy atom. The first-order chi connectivity index (χ1) is 8.81. The van der Waals surface area contributed by atoms with Crippen molar-refractivity contribution in [2.75, 3.05) is 20.3 Å². The van der Waals surface area contributed by atoms with Gasteiger partial charge in [0.05, 0.1) is 23.7 Å². The molecule has 0 unspecified atom stereocenters. The summed E-state index contributed by atoms with van der Waals surface area (Å²) in [6.07, 6.45) is 0. The van der Waals surface area contributed by atoms with Crippen LogP contribution in [0.3, 0.4) is 0 Å². The lowest BCUT2D eigenvalue weighted by Gasteiger charge is -1.99. The molecule has 5 nitrogen and oxygen atoms in total. The van der Waals surface area contributed by atoms with Gasteiger partial charge >= 0.3 is 0 Å². The maximum atomic E-state index is 6.05. The first kappa shape index (κ1) is 13.0. The second-order valence-electron chi connectivity index (χ2n) is 3.65. The molecular weight excluding hydrogens is 254 g/mol. The molecule has 0 amide bonds. The SMILES string of the molecule is COCCNCc1nnc(-c2ccccc2Cl)o1. The number of methoxy groups -OCH3 is 1. The molecule has 2 aromatic rings. The Kier molecular flexibility index (Phi) is 4.69. The van der Waals surface area contributed by atoms with E-state index < -0.39 is 0 Å². The second kappa shape index (κ2) is 6.49. The summed E-state index contributed by atoms with van der Waals surface area (Å²) >= 11 is 6.05. The van der Waals surface area contributed by atoms with Crippen LogP contribution in [0.1, 0.15) is 5.89 Å². The van der Waals surface area contributed by atoms with Crippen LogP contribution in [0.25, 0.3) is 11.5 Å². The van der Waals surface area contributed by atoms with Gasteiger partial charge in [-0.3, -0.25) is 0 Å². The maximum absolute atomic E-state index is 6.05. The molecule has 1 heterocycles. The molecule has 0 aliphatic carbocycles. The van der Waals surface area contributed by atoms with Gasteiger partial charge in [0.15, 0.2) is 0 Å². The predicted octanol–water partition coefficient (Wildman–Crippen LogP) is 2.13. The highest BCUT2D eigenvalue weighted by molar-refractivity contribution is 6.33. The van der Waals surface area contributed by atoms with Crippen LogP contribution >= 0.6 is 11.6 Å². The molecule has 0 aliphatic heterocycles. The fraction of sp³-hybridized carbons (Fsp3) is 0.333. The van der Waals surface area contributed by atoms with Crippen molar-refractivity contribution in [2.45, 2.75) is 6.54 Å². The van der Waals surface area contributed by atoms with E-state index in [0.717, 1.165) is 12.1 Å². The number of aromatic nitrogens is 2. The average molecular weight is 268 g/mol. The van der Waals surface area contributed by atoms with Crippen molar-refractivity contribution in [3.05, 3.63) is 35.2 Å². The number of hydrogen-bond acceptors (Lipinski definition) is 5. The van der Waals surface area contributed by atoms with Gasteiger partial charge < -0.3 is 14.5 Å². The van der Waals surface area contributed by atoms with E-state index in [0.29, 0.717) is 30.0 Å². The van der Waals surface area contributed by atoms with Gasteiger partial charge in [0.1, 0.15) is 0 Å². The summed E-state index contributed by atoms with van der Waals surface area (Å²) < 4.78 is 10.4. The van der Waals surface area contributed by atoms with E-state index >= 15 is 0 Å². The molecule has 0 radical (unpaired) electrons. The van der Waals surface area contributed by atoms with Crippen LogP contribution in [0, 0.1) is 0 Å². The molecule has 0 atom stereocenters. The molecule has 1 aromatic carbocycles. The number of nitrogens with zero attached hydrogens (tertiary/aromatic N) is 2. The van der Waals surface area contributed by atoms with Crippen LogP contribution in [-0.4, -0.2) is 30.5 Å². The van der Waals surface area contributed by atoms with Crippen molar-refractivity contribution in [1.82, 2.24) is 15.5 Å². The molecule has 1 aromatic heterocycles. The Balaban J connectivity index is 2.00. The summed E-state index contributed by atoms with van der Waals surface area (Å²) in [5.74, 6) is 0.963. The van der Waals surface area contributed by atoms with Crippen LogP contribution in [0.5, 0.6) is 0 Å². The van der Waals surface area contributed by atoms with E-state index in [1.165, 1.54) is 0 Å². The van der Waals surface area contributed by atoms with Crippen molar-refractivity contribution in [1.29, 1.82) is 0 Å². The molecule has 0 saturated carbocycles. The molecular formula is C12H14ClN3O2. The first-order valence-electron chi connectivity index (χ1n) is 5.58. The van der Waals surface area contributed by atoms with Crippen LogP contribution in [0.2, 0.25) is 5.02 Å². The molecule has 96 valence electrons. The highest BCUT2D eigenvalue weighted by Gasteiger charge is 2.10. The standard InChI is InChI=1S/C12H14ClN3O2/c1-17-7-6-14-8-11-15-16-12(18-11)9-4-2-3-5-10(9)13/h2-5,14H,6-8H2,1H3. The maximum Gasteiger partial charge on any atom is 0.249 e. The predicted molar refractivity (Wildman–Crippen MR) is 68.3 cm³/mol. The zero-order chi connectivity index (χ0) is 12.8. The minimum atomic E-state index is 0.434. The highest BCUT2D eigenvalue weighted by atomic mass is 35.5. The summed E-state index contributed by atoms with van der Waals surface area (Å²) in [5.41, 5.74) is 0.745. The largest absolute Gasteiger partial charge is 0.419 e. The Hall–Kier alpha value is -1.43. The number of ether oxygens (including phenoxy) is 1. The zero-order valence-corrected chi connectivity index (χ0v) is 10.8. The number of hydrogen-bond donors (Lipinski definition) is 1. The zero-order valence-electron chi connectivity index (χ0n) is 10.0. The topological polar surface area (TPSA) is 60.2 Å². The van der Waals surface area contributed by atoms with Crippen LogP contribution in [0.4, 0.5) is 0 Å². The minimum absolute atomic E-state index is 0.434. The summed E-state index contributed by atoms with van der Waals surface area (Å²) in [6.45, 7) is 1.90. The fourth-order valence-corrected chi connectivity index (χ4v) is 1.65. The van der Waals surface area contributed by atoms with Crippen molar-refractivity contribution in [3.63, 3.8) is 0 Å². The van der Waals surface area contributed by atoms with Gasteiger partial charge in [-0.1, -0.05) is 23.7 Å². The van der Waals surface area contributed by atoms with E-state index in [9.17, 15) is 0 Å². The van der Waals surface area contributed by atoms with E-state index in [2.05, 4.69) is 15.5 Å². The van der Waals surface area contributed by atoms with E-state index in [-0.39, 0.29) is 0 Å². The number of nitrogens with one attached hydrogen (secondary N) is 1. The van der Waals surface area contributed by atoms with E-state index in [1.807, 2.05) is 18.2 Å². The summed E-state index contributed by atoms with van der Waals surface area (Å²) in [7, 11) is 1.66. The lowest BCUT2D eigenvalue weighted by atomic mass is 10.2. The van der Waals surface area contributed by atoms with E-state index in [1.54, 1.807) is 13.2 Å². The molecule has 6 heteroatoms. The van der Waals surface area contributed by atoms with Gasteiger partial charge in [0.25, 0.3) is 0 Å². The van der Waals surface area contributed by atoms with Crippen LogP contribution < -0.4 is 5.32 Å². The smallest absolute Gasteiger partial charge is 0.249 e. The molecule has 0 saturated heterocycles.